The van der Waals surface area contributed by atoms with Crippen molar-refractivity contribution >= 4 is 0 Å². The third-order valence-corrected chi connectivity index (χ3v) is 2.65. The Morgan fingerprint density at radius 1 is 1.64 bits per heavy atom. The van der Waals surface area contributed by atoms with Crippen LogP contribution < -0.4 is 5.32 Å². The molecule has 0 amide bonds. The molecule has 1 saturated heterocycles. The Labute approximate surface area is 83.1 Å². The molecule has 0 bridgehead atoms. The second-order valence-electron chi connectivity index (χ2n) is 4.14. The Hall–Kier alpha value is -0.940. The van der Waals surface area contributed by atoms with Gasteiger partial charge in [0.15, 0.2) is 0 Å². The summed E-state index contributed by atoms with van der Waals surface area (Å²) >= 11 is 0. The van der Waals surface area contributed by atoms with E-state index < -0.39 is 5.60 Å². The molecule has 2 rings (SSSR count). The molecule has 78 valence electrons. The van der Waals surface area contributed by atoms with Crippen LogP contribution in [-0.4, -0.2) is 33.2 Å². The highest BCUT2D eigenvalue weighted by Gasteiger charge is 2.35. The summed E-state index contributed by atoms with van der Waals surface area (Å²) in [5, 5.41) is 21.3. The van der Waals surface area contributed by atoms with E-state index in [0.717, 1.165) is 6.54 Å². The van der Waals surface area contributed by atoms with Crippen LogP contribution >= 0.6 is 0 Å². The summed E-state index contributed by atoms with van der Waals surface area (Å²) < 4.78 is 1.77. The van der Waals surface area contributed by atoms with Gasteiger partial charge in [-0.25, -0.2) is 4.68 Å². The highest BCUT2D eigenvalue weighted by atomic mass is 16.3. The average Bonchev–Trinajstić information content (AvgIpc) is 2.71. The molecule has 1 atom stereocenters. The second kappa shape index (κ2) is 3.33. The maximum absolute atomic E-state index is 10.2. The molecule has 1 aliphatic rings. The fraction of sp³-hybridized carbons (Fsp3) is 0.778. The van der Waals surface area contributed by atoms with Gasteiger partial charge in [-0.05, 0) is 26.8 Å². The van der Waals surface area contributed by atoms with E-state index in [1.807, 2.05) is 20.0 Å². The van der Waals surface area contributed by atoms with E-state index in [-0.39, 0.29) is 6.04 Å². The van der Waals surface area contributed by atoms with Crippen molar-refractivity contribution in [3.8, 4) is 0 Å². The predicted octanol–water partition coefficient (Wildman–Crippen LogP) is 0.0399. The van der Waals surface area contributed by atoms with Gasteiger partial charge in [0.25, 0.3) is 0 Å². The average molecular weight is 196 g/mol. The van der Waals surface area contributed by atoms with Gasteiger partial charge >= 0.3 is 0 Å². The van der Waals surface area contributed by atoms with Gasteiger partial charge in [0.05, 0.1) is 6.20 Å². The fourth-order valence-electron chi connectivity index (χ4n) is 1.64. The van der Waals surface area contributed by atoms with Gasteiger partial charge in [-0.2, -0.15) is 0 Å². The van der Waals surface area contributed by atoms with Gasteiger partial charge < -0.3 is 10.4 Å². The van der Waals surface area contributed by atoms with Crippen molar-refractivity contribution in [3.05, 3.63) is 11.9 Å². The smallest absolute Gasteiger partial charge is 0.123 e. The zero-order valence-electron chi connectivity index (χ0n) is 8.56. The molecule has 5 heteroatoms. The quantitative estimate of drug-likeness (QED) is 0.701. The minimum absolute atomic E-state index is 0.286. The number of rotatable bonds is 2. The van der Waals surface area contributed by atoms with Crippen LogP contribution in [0.15, 0.2) is 6.20 Å². The van der Waals surface area contributed by atoms with Crippen molar-refractivity contribution in [2.45, 2.75) is 31.9 Å². The minimum Gasteiger partial charge on any atom is -0.382 e. The Morgan fingerprint density at radius 2 is 2.43 bits per heavy atom. The lowest BCUT2D eigenvalue weighted by Crippen LogP contribution is -2.28. The number of hydrogen-bond acceptors (Lipinski definition) is 4. The maximum Gasteiger partial charge on any atom is 0.123 e. The van der Waals surface area contributed by atoms with Gasteiger partial charge in [0.2, 0.25) is 0 Å². The summed E-state index contributed by atoms with van der Waals surface area (Å²) in [6, 6.07) is 0.286. The maximum atomic E-state index is 10.2. The third kappa shape index (κ3) is 1.53. The summed E-state index contributed by atoms with van der Waals surface area (Å²) in [7, 11) is 0. The van der Waals surface area contributed by atoms with Crippen LogP contribution in [0, 0.1) is 0 Å². The van der Waals surface area contributed by atoms with Crippen LogP contribution in [-0.2, 0) is 5.60 Å². The molecule has 1 aromatic rings. The van der Waals surface area contributed by atoms with Crippen LogP contribution in [0.1, 0.15) is 32.0 Å². The third-order valence-electron chi connectivity index (χ3n) is 2.65. The molecule has 14 heavy (non-hydrogen) atoms. The SMILES string of the molecule is CC(C)n1cc([C@]2(O)CCNC2)nn1. The highest BCUT2D eigenvalue weighted by molar-refractivity contribution is 5.10. The van der Waals surface area contributed by atoms with E-state index >= 15 is 0 Å². The van der Waals surface area contributed by atoms with E-state index in [0.29, 0.717) is 18.7 Å². The van der Waals surface area contributed by atoms with E-state index in [4.69, 9.17) is 0 Å². The van der Waals surface area contributed by atoms with Gasteiger partial charge in [0.1, 0.15) is 11.3 Å². The first kappa shape index (κ1) is 9.61. The van der Waals surface area contributed by atoms with Crippen LogP contribution in [0.5, 0.6) is 0 Å². The molecule has 0 unspecified atom stereocenters. The summed E-state index contributed by atoms with van der Waals surface area (Å²) in [5.74, 6) is 0. The van der Waals surface area contributed by atoms with Crippen molar-refractivity contribution in [2.75, 3.05) is 13.1 Å². The Bertz CT molecular complexity index is 314. The highest BCUT2D eigenvalue weighted by Crippen LogP contribution is 2.25. The zero-order chi connectivity index (χ0) is 10.2. The number of nitrogens with zero attached hydrogens (tertiary/aromatic N) is 3. The number of β-amino-alcohol motifs (C(OH)–C–C–N with tert-alkyl or cyclic N) is 1. The molecule has 0 radical (unpaired) electrons. The minimum atomic E-state index is -0.812. The van der Waals surface area contributed by atoms with E-state index in [9.17, 15) is 5.11 Å². The van der Waals surface area contributed by atoms with Crippen LogP contribution in [0.4, 0.5) is 0 Å². The molecule has 1 aliphatic heterocycles. The largest absolute Gasteiger partial charge is 0.382 e. The Morgan fingerprint density at radius 3 is 2.93 bits per heavy atom. The van der Waals surface area contributed by atoms with Crippen LogP contribution in [0.2, 0.25) is 0 Å². The molecule has 5 nitrogen and oxygen atoms in total. The van der Waals surface area contributed by atoms with Crippen LogP contribution in [0.25, 0.3) is 0 Å². The lowest BCUT2D eigenvalue weighted by molar-refractivity contribution is 0.0540. The standard InChI is InChI=1S/C9H16N4O/c1-7(2)13-5-8(11-12-13)9(14)3-4-10-6-9/h5,7,10,14H,3-4,6H2,1-2H3/t9-/m0/s1. The number of aromatic nitrogens is 3. The number of aliphatic hydroxyl groups is 1. The summed E-state index contributed by atoms with van der Waals surface area (Å²) in [6.07, 6.45) is 2.54. The lowest BCUT2D eigenvalue weighted by Gasteiger charge is -2.17. The molecule has 0 spiro atoms. The summed E-state index contributed by atoms with van der Waals surface area (Å²) in [5.41, 5.74) is -0.135. The van der Waals surface area contributed by atoms with Crippen molar-refractivity contribution < 1.29 is 5.11 Å². The molecule has 2 heterocycles. The summed E-state index contributed by atoms with van der Waals surface area (Å²) in [4.78, 5) is 0. The fourth-order valence-corrected chi connectivity index (χ4v) is 1.64. The molecular weight excluding hydrogens is 180 g/mol. The Balaban J connectivity index is 2.23. The molecule has 2 N–H and O–H groups in total. The zero-order valence-corrected chi connectivity index (χ0v) is 8.56. The lowest BCUT2D eigenvalue weighted by atomic mass is 10.00. The van der Waals surface area contributed by atoms with Crippen LogP contribution in [0.3, 0.4) is 0 Å². The van der Waals surface area contributed by atoms with Gasteiger partial charge in [0, 0.05) is 12.6 Å². The molecule has 0 aromatic carbocycles. The molecule has 1 fully saturated rings. The topological polar surface area (TPSA) is 63.0 Å². The predicted molar refractivity (Wildman–Crippen MR) is 51.8 cm³/mol. The monoisotopic (exact) mass is 196 g/mol. The van der Waals surface area contributed by atoms with E-state index in [2.05, 4.69) is 15.6 Å². The molecule has 0 aliphatic carbocycles. The first-order chi connectivity index (χ1) is 6.62. The normalized spacial score (nSPS) is 27.4. The van der Waals surface area contributed by atoms with Gasteiger partial charge in [-0.1, -0.05) is 5.21 Å². The Kier molecular flexibility index (Phi) is 2.28. The van der Waals surface area contributed by atoms with E-state index in [1.54, 1.807) is 4.68 Å². The first-order valence-electron chi connectivity index (χ1n) is 4.97. The van der Waals surface area contributed by atoms with Crippen molar-refractivity contribution in [1.82, 2.24) is 20.3 Å². The van der Waals surface area contributed by atoms with Crippen molar-refractivity contribution in [1.29, 1.82) is 0 Å². The molecule has 0 saturated carbocycles. The first-order valence-corrected chi connectivity index (χ1v) is 4.97. The van der Waals surface area contributed by atoms with Gasteiger partial charge in [-0.15, -0.1) is 5.10 Å². The number of nitrogens with one attached hydrogen (secondary N) is 1. The molecular formula is C9H16N4O. The van der Waals surface area contributed by atoms with Crippen molar-refractivity contribution in [2.24, 2.45) is 0 Å². The van der Waals surface area contributed by atoms with Gasteiger partial charge in [-0.3, -0.25) is 0 Å². The second-order valence-corrected chi connectivity index (χ2v) is 4.14. The summed E-state index contributed by atoms with van der Waals surface area (Å²) in [6.45, 7) is 5.49. The molecule has 1 aromatic heterocycles. The van der Waals surface area contributed by atoms with Crippen molar-refractivity contribution in [3.63, 3.8) is 0 Å². The number of hydrogen-bond donors (Lipinski definition) is 2. The van der Waals surface area contributed by atoms with E-state index in [1.165, 1.54) is 0 Å².